The summed E-state index contributed by atoms with van der Waals surface area (Å²) < 4.78 is 32.2. The fourth-order valence-electron chi connectivity index (χ4n) is 3.13. The monoisotopic (exact) mass is 403 g/mol. The standard InChI is InChI=1S/C19H25N5O3S/c1-3-27-14-17-23-16-13-20-12-15(2)18(16)24(17)10-5-4-6-11-28(25,26)19-21-8-7-9-22-19/h7-9,12-13H,3-6,10-11,14H2,1-2H3. The largest absolute Gasteiger partial charge is 0.374 e. The molecule has 0 bridgehead atoms. The van der Waals surface area contributed by atoms with E-state index in [2.05, 4.69) is 24.5 Å². The van der Waals surface area contributed by atoms with E-state index in [0.717, 1.165) is 41.8 Å². The first-order valence-corrected chi connectivity index (χ1v) is 11.1. The number of nitrogens with zero attached hydrogens (tertiary/aromatic N) is 5. The second kappa shape index (κ2) is 9.20. The molecule has 0 aliphatic rings. The quantitative estimate of drug-likeness (QED) is 0.379. The smallest absolute Gasteiger partial charge is 0.246 e. The van der Waals surface area contributed by atoms with Crippen molar-refractivity contribution in [2.75, 3.05) is 12.4 Å². The third-order valence-electron chi connectivity index (χ3n) is 4.46. The number of pyridine rings is 1. The minimum atomic E-state index is -3.43. The summed E-state index contributed by atoms with van der Waals surface area (Å²) in [5.41, 5.74) is 2.99. The van der Waals surface area contributed by atoms with E-state index in [-0.39, 0.29) is 10.9 Å². The number of rotatable bonds is 10. The summed E-state index contributed by atoms with van der Waals surface area (Å²) in [5.74, 6) is 0.925. The molecule has 0 aromatic carbocycles. The van der Waals surface area contributed by atoms with Crippen molar-refractivity contribution in [3.63, 3.8) is 0 Å². The van der Waals surface area contributed by atoms with Gasteiger partial charge in [-0.2, -0.15) is 0 Å². The summed E-state index contributed by atoms with van der Waals surface area (Å²) in [7, 11) is -3.43. The van der Waals surface area contributed by atoms with Crippen molar-refractivity contribution in [2.45, 2.75) is 51.4 Å². The molecular formula is C19H25N5O3S. The molecule has 3 heterocycles. The summed E-state index contributed by atoms with van der Waals surface area (Å²) in [5, 5.41) is -0.0993. The number of fused-ring (bicyclic) bond motifs is 1. The highest BCUT2D eigenvalue weighted by Crippen LogP contribution is 2.21. The zero-order chi connectivity index (χ0) is 20.0. The Morgan fingerprint density at radius 1 is 1.11 bits per heavy atom. The molecular weight excluding hydrogens is 378 g/mol. The Morgan fingerprint density at radius 3 is 2.64 bits per heavy atom. The summed E-state index contributed by atoms with van der Waals surface area (Å²) in [6.07, 6.45) is 8.68. The van der Waals surface area contributed by atoms with Gasteiger partial charge in [0.15, 0.2) is 0 Å². The Balaban J connectivity index is 1.62. The van der Waals surface area contributed by atoms with Crippen LogP contribution in [0.3, 0.4) is 0 Å². The normalized spacial score (nSPS) is 11.9. The number of hydrogen-bond acceptors (Lipinski definition) is 7. The molecule has 0 saturated heterocycles. The van der Waals surface area contributed by atoms with Gasteiger partial charge in [-0.15, -0.1) is 0 Å². The molecule has 9 heteroatoms. The molecule has 3 aromatic rings. The maximum atomic E-state index is 12.3. The van der Waals surface area contributed by atoms with Crippen LogP contribution in [0.4, 0.5) is 0 Å². The first-order chi connectivity index (χ1) is 13.5. The number of hydrogen-bond donors (Lipinski definition) is 0. The maximum Gasteiger partial charge on any atom is 0.246 e. The number of imidazole rings is 1. The lowest BCUT2D eigenvalue weighted by Gasteiger charge is -2.10. The molecule has 150 valence electrons. The Bertz CT molecular complexity index is 1020. The van der Waals surface area contributed by atoms with Crippen molar-refractivity contribution < 1.29 is 13.2 Å². The summed E-state index contributed by atoms with van der Waals surface area (Å²) in [4.78, 5) is 16.6. The molecule has 0 N–H and O–H groups in total. The molecule has 8 nitrogen and oxygen atoms in total. The minimum Gasteiger partial charge on any atom is -0.374 e. The number of unbranched alkanes of at least 4 members (excludes halogenated alkanes) is 2. The van der Waals surface area contributed by atoms with Crippen LogP contribution in [-0.2, 0) is 27.7 Å². The van der Waals surface area contributed by atoms with E-state index < -0.39 is 9.84 Å². The van der Waals surface area contributed by atoms with Gasteiger partial charge in [0.05, 0.1) is 17.5 Å². The zero-order valence-electron chi connectivity index (χ0n) is 16.2. The SMILES string of the molecule is CCOCc1nc2cncc(C)c2n1CCCCCS(=O)(=O)c1ncccn1. The van der Waals surface area contributed by atoms with Gasteiger partial charge < -0.3 is 9.30 Å². The number of ether oxygens (including phenoxy) is 1. The Morgan fingerprint density at radius 2 is 1.89 bits per heavy atom. The highest BCUT2D eigenvalue weighted by molar-refractivity contribution is 7.91. The van der Waals surface area contributed by atoms with E-state index in [1.807, 2.05) is 20.0 Å². The molecule has 0 spiro atoms. The maximum absolute atomic E-state index is 12.3. The molecule has 0 aliphatic carbocycles. The molecule has 0 fully saturated rings. The van der Waals surface area contributed by atoms with Gasteiger partial charge in [-0.25, -0.2) is 23.4 Å². The van der Waals surface area contributed by atoms with Gasteiger partial charge in [-0.3, -0.25) is 4.98 Å². The fourth-order valence-corrected chi connectivity index (χ4v) is 4.34. The van der Waals surface area contributed by atoms with Crippen molar-refractivity contribution in [2.24, 2.45) is 0 Å². The van der Waals surface area contributed by atoms with Gasteiger partial charge in [-0.1, -0.05) is 6.42 Å². The molecule has 0 amide bonds. The van der Waals surface area contributed by atoms with Crippen molar-refractivity contribution in [1.82, 2.24) is 24.5 Å². The van der Waals surface area contributed by atoms with Crippen molar-refractivity contribution in [3.05, 3.63) is 42.2 Å². The van der Waals surface area contributed by atoms with Crippen molar-refractivity contribution in [3.8, 4) is 0 Å². The van der Waals surface area contributed by atoms with Crippen molar-refractivity contribution >= 4 is 20.9 Å². The van der Waals surface area contributed by atoms with Crippen molar-refractivity contribution in [1.29, 1.82) is 0 Å². The lowest BCUT2D eigenvalue weighted by molar-refractivity contribution is 0.126. The second-order valence-electron chi connectivity index (χ2n) is 6.55. The lowest BCUT2D eigenvalue weighted by atomic mass is 10.2. The molecule has 28 heavy (non-hydrogen) atoms. The topological polar surface area (TPSA) is 99.9 Å². The first-order valence-electron chi connectivity index (χ1n) is 9.40. The Labute approximate surface area is 164 Å². The van der Waals surface area contributed by atoms with E-state index in [9.17, 15) is 8.42 Å². The minimum absolute atomic E-state index is 0.0520. The van der Waals surface area contributed by atoms with Crippen LogP contribution in [0.15, 0.2) is 36.0 Å². The van der Waals surface area contributed by atoms with Crippen LogP contribution in [0.25, 0.3) is 11.0 Å². The van der Waals surface area contributed by atoms with Gasteiger partial charge in [0.1, 0.15) is 17.9 Å². The molecule has 3 aromatic heterocycles. The van der Waals surface area contributed by atoms with Crippen LogP contribution in [0, 0.1) is 6.92 Å². The van der Waals surface area contributed by atoms with Gasteiger partial charge in [-0.05, 0) is 38.3 Å². The van der Waals surface area contributed by atoms with Gasteiger partial charge in [0.2, 0.25) is 15.0 Å². The van der Waals surface area contributed by atoms with Gasteiger partial charge in [0, 0.05) is 31.7 Å². The Kier molecular flexibility index (Phi) is 6.69. The lowest BCUT2D eigenvalue weighted by Crippen LogP contribution is -2.11. The molecule has 0 unspecified atom stereocenters. The third kappa shape index (κ3) is 4.71. The average Bonchev–Trinajstić information content (AvgIpc) is 3.05. The van der Waals surface area contributed by atoms with E-state index in [1.165, 1.54) is 12.4 Å². The fraction of sp³-hybridized carbons (Fsp3) is 0.474. The predicted molar refractivity (Wildman–Crippen MR) is 106 cm³/mol. The number of aryl methyl sites for hydroxylation is 2. The van der Waals surface area contributed by atoms with Crippen LogP contribution < -0.4 is 0 Å². The van der Waals surface area contributed by atoms with Gasteiger partial charge in [0.25, 0.3) is 0 Å². The van der Waals surface area contributed by atoms with E-state index >= 15 is 0 Å². The Hall–Kier alpha value is -2.39. The molecule has 0 aliphatic heterocycles. The summed E-state index contributed by atoms with van der Waals surface area (Å²) in [6.45, 7) is 5.80. The zero-order valence-corrected chi connectivity index (χ0v) is 17.0. The third-order valence-corrected chi connectivity index (χ3v) is 6.06. The molecule has 0 saturated carbocycles. The van der Waals surface area contributed by atoms with E-state index in [0.29, 0.717) is 19.6 Å². The summed E-state index contributed by atoms with van der Waals surface area (Å²) >= 11 is 0. The van der Waals surface area contributed by atoms with E-state index in [1.54, 1.807) is 12.3 Å². The molecule has 3 rings (SSSR count). The van der Waals surface area contributed by atoms with Crippen LogP contribution in [0.1, 0.15) is 37.6 Å². The van der Waals surface area contributed by atoms with Crippen LogP contribution in [0.5, 0.6) is 0 Å². The average molecular weight is 404 g/mol. The van der Waals surface area contributed by atoms with Crippen LogP contribution in [0.2, 0.25) is 0 Å². The van der Waals surface area contributed by atoms with Gasteiger partial charge >= 0.3 is 0 Å². The highest BCUT2D eigenvalue weighted by atomic mass is 32.2. The molecule has 0 radical (unpaired) electrons. The van der Waals surface area contributed by atoms with Crippen LogP contribution >= 0.6 is 0 Å². The first kappa shape index (κ1) is 20.3. The number of aromatic nitrogens is 5. The predicted octanol–water partition coefficient (Wildman–Crippen LogP) is 2.71. The second-order valence-corrected chi connectivity index (χ2v) is 8.55. The highest BCUT2D eigenvalue weighted by Gasteiger charge is 2.17. The van der Waals surface area contributed by atoms with E-state index in [4.69, 9.17) is 4.74 Å². The summed E-state index contributed by atoms with van der Waals surface area (Å²) in [6, 6.07) is 1.60. The molecule has 0 atom stereocenters. The van der Waals surface area contributed by atoms with Crippen LogP contribution in [-0.4, -0.2) is 45.3 Å². The number of sulfone groups is 1.